The maximum atomic E-state index is 13.3. The van der Waals surface area contributed by atoms with Crippen LogP contribution in [0, 0.1) is 16.7 Å². The van der Waals surface area contributed by atoms with Crippen LogP contribution in [0.1, 0.15) is 49.3 Å². The quantitative estimate of drug-likeness (QED) is 0.647. The summed E-state index contributed by atoms with van der Waals surface area (Å²) in [4.78, 5) is 44.9. The number of carbonyl (C=O) groups is 2. The van der Waals surface area contributed by atoms with E-state index in [-0.39, 0.29) is 46.1 Å². The number of rotatable bonds is 5. The van der Waals surface area contributed by atoms with Gasteiger partial charge in [-0.3, -0.25) is 14.6 Å². The number of ether oxygens (including phenoxy) is 2. The summed E-state index contributed by atoms with van der Waals surface area (Å²) in [5.74, 6) is -0.324. The number of aromatic nitrogens is 2. The number of pyridine rings is 2. The molecule has 0 spiro atoms. The lowest BCUT2D eigenvalue weighted by molar-refractivity contribution is -0.133. The first-order valence-electron chi connectivity index (χ1n) is 11.2. The van der Waals surface area contributed by atoms with Crippen LogP contribution in [0.2, 0.25) is 0 Å². The van der Waals surface area contributed by atoms with Crippen molar-refractivity contribution in [1.29, 1.82) is 0 Å². The van der Waals surface area contributed by atoms with Crippen LogP contribution in [0.4, 0.5) is 0 Å². The summed E-state index contributed by atoms with van der Waals surface area (Å²) in [5, 5.41) is 0. The number of hydrogen-bond donors (Lipinski definition) is 0. The molecular formula is C25H31N3O5. The zero-order valence-corrected chi connectivity index (χ0v) is 19.9. The molecule has 8 heteroatoms. The van der Waals surface area contributed by atoms with Gasteiger partial charge < -0.3 is 18.9 Å². The van der Waals surface area contributed by atoms with E-state index >= 15 is 0 Å². The van der Waals surface area contributed by atoms with Crippen molar-refractivity contribution >= 4 is 11.9 Å². The molecule has 0 aromatic carbocycles. The molecule has 2 aromatic rings. The zero-order valence-electron chi connectivity index (χ0n) is 19.9. The van der Waals surface area contributed by atoms with Crippen molar-refractivity contribution in [3.05, 3.63) is 57.8 Å². The second-order valence-electron chi connectivity index (χ2n) is 9.91. The summed E-state index contributed by atoms with van der Waals surface area (Å²) in [6.45, 7) is 9.81. The van der Waals surface area contributed by atoms with Gasteiger partial charge in [-0.2, -0.15) is 0 Å². The van der Waals surface area contributed by atoms with Crippen molar-refractivity contribution in [3.8, 4) is 5.75 Å². The Hall–Kier alpha value is -3.16. The molecule has 0 saturated heterocycles. The van der Waals surface area contributed by atoms with Gasteiger partial charge >= 0.3 is 5.97 Å². The highest BCUT2D eigenvalue weighted by molar-refractivity contribution is 5.93. The summed E-state index contributed by atoms with van der Waals surface area (Å²) in [6, 6.07) is 4.97. The lowest BCUT2D eigenvalue weighted by atomic mass is 10.0. The maximum Gasteiger partial charge on any atom is 0.343 e. The second-order valence-corrected chi connectivity index (χ2v) is 9.91. The summed E-state index contributed by atoms with van der Waals surface area (Å²) < 4.78 is 12.5. The molecule has 0 bridgehead atoms. The van der Waals surface area contributed by atoms with E-state index in [1.807, 2.05) is 11.0 Å². The average Bonchev–Trinajstić information content (AvgIpc) is 3.31. The van der Waals surface area contributed by atoms with Crippen molar-refractivity contribution < 1.29 is 19.1 Å². The van der Waals surface area contributed by atoms with E-state index in [4.69, 9.17) is 9.47 Å². The number of esters is 1. The van der Waals surface area contributed by atoms with Crippen LogP contribution in [0.25, 0.3) is 0 Å². The smallest absolute Gasteiger partial charge is 0.343 e. The van der Waals surface area contributed by atoms with Crippen molar-refractivity contribution in [2.24, 2.45) is 16.7 Å². The first-order valence-corrected chi connectivity index (χ1v) is 11.2. The first kappa shape index (κ1) is 23.0. The normalized spacial score (nSPS) is 18.8. The van der Waals surface area contributed by atoms with Gasteiger partial charge in [-0.05, 0) is 16.9 Å². The molecule has 176 valence electrons. The van der Waals surface area contributed by atoms with Gasteiger partial charge in [0.15, 0.2) is 0 Å². The molecule has 1 fully saturated rings. The van der Waals surface area contributed by atoms with E-state index in [2.05, 4.69) is 32.7 Å². The Morgan fingerprint density at radius 1 is 1.15 bits per heavy atom. The van der Waals surface area contributed by atoms with Gasteiger partial charge in [-0.1, -0.05) is 33.8 Å². The lowest BCUT2D eigenvalue weighted by Gasteiger charge is -2.21. The highest BCUT2D eigenvalue weighted by Crippen LogP contribution is 2.68. The van der Waals surface area contributed by atoms with Crippen LogP contribution < -0.4 is 10.3 Å². The van der Waals surface area contributed by atoms with Crippen LogP contribution in [0.5, 0.6) is 5.75 Å². The third-order valence-electron chi connectivity index (χ3n) is 7.68. The standard InChI is InChI=1S/C25H31N3O5/c1-24(2)21(25(24,3)4)22(30)27-10-8-17-20(23(31)32-5)18(13-19(29)28(17)12-11-27)33-15-16-7-6-9-26-14-16/h6-7,9,13-14,21H,8,10-12,15H2,1-5H3. The fourth-order valence-corrected chi connectivity index (χ4v) is 5.05. The third kappa shape index (κ3) is 3.92. The molecule has 1 saturated carbocycles. The molecule has 0 unspecified atom stereocenters. The Kier molecular flexibility index (Phi) is 5.80. The number of amides is 1. The third-order valence-corrected chi connectivity index (χ3v) is 7.68. The Morgan fingerprint density at radius 3 is 2.48 bits per heavy atom. The van der Waals surface area contributed by atoms with Gasteiger partial charge in [-0.25, -0.2) is 4.79 Å². The average molecular weight is 454 g/mol. The SMILES string of the molecule is COC(=O)c1c(OCc2cccnc2)cc(=O)n2c1CCN(C(=O)C1C(C)(C)C1(C)C)CC2. The predicted octanol–water partition coefficient (Wildman–Crippen LogP) is 2.68. The van der Waals surface area contributed by atoms with Crippen LogP contribution in [0.3, 0.4) is 0 Å². The molecule has 0 atom stereocenters. The van der Waals surface area contributed by atoms with Gasteiger partial charge in [0.1, 0.15) is 17.9 Å². The molecule has 1 aliphatic carbocycles. The maximum absolute atomic E-state index is 13.3. The van der Waals surface area contributed by atoms with E-state index in [9.17, 15) is 14.4 Å². The highest BCUT2D eigenvalue weighted by Gasteiger charge is 2.68. The fraction of sp³-hybridized carbons (Fsp3) is 0.520. The minimum absolute atomic E-state index is 0.0543. The van der Waals surface area contributed by atoms with Crippen molar-refractivity contribution in [2.45, 2.75) is 47.3 Å². The monoisotopic (exact) mass is 453 g/mol. The predicted molar refractivity (Wildman–Crippen MR) is 122 cm³/mol. The minimum Gasteiger partial charge on any atom is -0.488 e. The van der Waals surface area contributed by atoms with E-state index in [1.54, 1.807) is 23.0 Å². The Labute approximate surface area is 193 Å². The van der Waals surface area contributed by atoms with E-state index in [1.165, 1.54) is 13.2 Å². The van der Waals surface area contributed by atoms with Crippen LogP contribution in [-0.2, 0) is 29.1 Å². The number of methoxy groups -OCH3 is 1. The van der Waals surface area contributed by atoms with Crippen molar-refractivity contribution in [2.75, 3.05) is 20.2 Å². The number of fused-ring (bicyclic) bond motifs is 1. The minimum atomic E-state index is -0.566. The topological polar surface area (TPSA) is 90.7 Å². The largest absolute Gasteiger partial charge is 0.488 e. The fourth-order valence-electron chi connectivity index (χ4n) is 5.05. The number of hydrogen-bond acceptors (Lipinski definition) is 6. The molecule has 2 aliphatic rings. The Balaban J connectivity index is 1.62. The molecule has 0 N–H and O–H groups in total. The summed E-state index contributed by atoms with van der Waals surface area (Å²) >= 11 is 0. The lowest BCUT2D eigenvalue weighted by Crippen LogP contribution is -2.36. The van der Waals surface area contributed by atoms with Gasteiger partial charge in [0, 0.05) is 61.7 Å². The van der Waals surface area contributed by atoms with Crippen LogP contribution in [0.15, 0.2) is 35.4 Å². The molecule has 33 heavy (non-hydrogen) atoms. The molecule has 0 radical (unpaired) electrons. The van der Waals surface area contributed by atoms with Gasteiger partial charge in [-0.15, -0.1) is 0 Å². The van der Waals surface area contributed by atoms with Gasteiger partial charge in [0.25, 0.3) is 5.56 Å². The first-order chi connectivity index (χ1) is 15.6. The molecular weight excluding hydrogens is 422 g/mol. The van der Waals surface area contributed by atoms with E-state index < -0.39 is 5.97 Å². The van der Waals surface area contributed by atoms with Gasteiger partial charge in [0.2, 0.25) is 5.91 Å². The molecule has 4 rings (SSSR count). The molecule has 8 nitrogen and oxygen atoms in total. The van der Waals surface area contributed by atoms with Crippen molar-refractivity contribution in [1.82, 2.24) is 14.5 Å². The second kappa shape index (κ2) is 8.32. The Bertz CT molecular complexity index is 1120. The van der Waals surface area contributed by atoms with E-state index in [0.717, 1.165) is 5.56 Å². The molecule has 1 aliphatic heterocycles. The summed E-state index contributed by atoms with van der Waals surface area (Å²) in [7, 11) is 1.30. The van der Waals surface area contributed by atoms with Gasteiger partial charge in [0.05, 0.1) is 7.11 Å². The summed E-state index contributed by atoms with van der Waals surface area (Å²) in [5.41, 5.74) is 1.20. The highest BCUT2D eigenvalue weighted by atomic mass is 16.5. The van der Waals surface area contributed by atoms with Crippen LogP contribution in [-0.4, -0.2) is 46.5 Å². The molecule has 1 amide bonds. The zero-order chi connectivity index (χ0) is 24.0. The number of carbonyl (C=O) groups excluding carboxylic acids is 2. The van der Waals surface area contributed by atoms with Crippen LogP contribution >= 0.6 is 0 Å². The van der Waals surface area contributed by atoms with Crippen molar-refractivity contribution in [3.63, 3.8) is 0 Å². The summed E-state index contributed by atoms with van der Waals surface area (Å²) in [6.07, 6.45) is 3.69. The van der Waals surface area contributed by atoms with E-state index in [0.29, 0.717) is 31.7 Å². The number of nitrogens with zero attached hydrogens (tertiary/aromatic N) is 3. The molecule has 2 aromatic heterocycles. The molecule has 3 heterocycles. The Morgan fingerprint density at radius 2 is 1.88 bits per heavy atom.